The zero-order valence-electron chi connectivity index (χ0n) is 11.4. The summed E-state index contributed by atoms with van der Waals surface area (Å²) in [5.74, 6) is -0.183. The number of ether oxygens (including phenoxy) is 1. The molecule has 0 amide bonds. The maximum absolute atomic E-state index is 10.6. The molecule has 0 radical (unpaired) electrons. The Morgan fingerprint density at radius 2 is 2.10 bits per heavy atom. The van der Waals surface area contributed by atoms with Gasteiger partial charge in [-0.25, -0.2) is 9.78 Å². The van der Waals surface area contributed by atoms with Crippen LogP contribution in [0.2, 0.25) is 0 Å². The van der Waals surface area contributed by atoms with E-state index in [0.717, 1.165) is 11.1 Å². The molecule has 0 saturated heterocycles. The highest BCUT2D eigenvalue weighted by molar-refractivity contribution is 5.78. The zero-order chi connectivity index (χ0) is 14.8. The van der Waals surface area contributed by atoms with E-state index in [4.69, 9.17) is 14.3 Å². The van der Waals surface area contributed by atoms with E-state index in [0.29, 0.717) is 22.8 Å². The highest BCUT2D eigenvalue weighted by Gasteiger charge is 2.13. The zero-order valence-corrected chi connectivity index (χ0v) is 11.4. The van der Waals surface area contributed by atoms with Gasteiger partial charge in [0.2, 0.25) is 5.89 Å². The molecule has 0 bridgehead atoms. The van der Waals surface area contributed by atoms with Crippen LogP contribution in [0.15, 0.2) is 46.9 Å². The number of aromatic nitrogens is 1. The minimum absolute atomic E-state index is 0.406. The van der Waals surface area contributed by atoms with Crippen LogP contribution in [0.1, 0.15) is 5.56 Å². The van der Waals surface area contributed by atoms with Gasteiger partial charge in [-0.2, -0.15) is 0 Å². The summed E-state index contributed by atoms with van der Waals surface area (Å²) in [5, 5.41) is 8.72. The maximum atomic E-state index is 10.6. The molecule has 0 spiro atoms. The van der Waals surface area contributed by atoms with Crippen LogP contribution in [0.4, 0.5) is 0 Å². The number of carboxylic acids is 1. The molecule has 3 aromatic rings. The van der Waals surface area contributed by atoms with E-state index >= 15 is 0 Å². The number of oxazole rings is 1. The minimum Gasteiger partial charge on any atom is -0.481 e. The Hall–Kier alpha value is -2.82. The van der Waals surface area contributed by atoms with Gasteiger partial charge in [0, 0.05) is 0 Å². The fourth-order valence-corrected chi connectivity index (χ4v) is 2.06. The molecule has 0 aliphatic heterocycles. The summed E-state index contributed by atoms with van der Waals surface area (Å²) in [6, 6.07) is 12.8. The number of benzene rings is 2. The Kier molecular flexibility index (Phi) is 3.31. The number of hydrogen-bond donors (Lipinski definition) is 1. The summed E-state index contributed by atoms with van der Waals surface area (Å²) in [7, 11) is 0. The monoisotopic (exact) mass is 283 g/mol. The molecule has 0 aliphatic rings. The topological polar surface area (TPSA) is 72.6 Å². The molecule has 0 aliphatic carbocycles. The molecule has 0 saturated carbocycles. The Morgan fingerprint density at radius 1 is 1.29 bits per heavy atom. The number of fused-ring (bicyclic) bond motifs is 1. The molecular formula is C16H13NO4. The smallest absolute Gasteiger partial charge is 0.341 e. The average molecular weight is 283 g/mol. The van der Waals surface area contributed by atoms with Crippen molar-refractivity contribution in [1.29, 1.82) is 0 Å². The standard InChI is InChI=1S/C16H13NO4/c1-10-6-7-12-14(8-10)21-16(17-12)11-4-2-3-5-13(11)20-9-15(18)19/h2-8H,9H2,1H3,(H,18,19). The molecule has 106 valence electrons. The lowest BCUT2D eigenvalue weighted by Gasteiger charge is -2.06. The first-order chi connectivity index (χ1) is 10.1. The van der Waals surface area contributed by atoms with E-state index in [-0.39, 0.29) is 0 Å². The largest absolute Gasteiger partial charge is 0.481 e. The Balaban J connectivity index is 2.03. The Labute approximate surface area is 120 Å². The number of nitrogens with zero attached hydrogens (tertiary/aromatic N) is 1. The quantitative estimate of drug-likeness (QED) is 0.795. The highest BCUT2D eigenvalue weighted by atomic mass is 16.5. The lowest BCUT2D eigenvalue weighted by atomic mass is 10.2. The molecule has 1 N–H and O–H groups in total. The van der Waals surface area contributed by atoms with Crippen molar-refractivity contribution in [2.45, 2.75) is 6.92 Å². The third-order valence-corrected chi connectivity index (χ3v) is 3.01. The van der Waals surface area contributed by atoms with Crippen LogP contribution in [0.25, 0.3) is 22.6 Å². The van der Waals surface area contributed by atoms with Crippen molar-refractivity contribution in [2.75, 3.05) is 6.61 Å². The van der Waals surface area contributed by atoms with Gasteiger partial charge in [-0.1, -0.05) is 18.2 Å². The molecule has 0 unspecified atom stereocenters. The molecule has 0 atom stereocenters. The first-order valence-electron chi connectivity index (χ1n) is 6.44. The molecule has 3 rings (SSSR count). The number of aryl methyl sites for hydroxylation is 1. The maximum Gasteiger partial charge on any atom is 0.341 e. The van der Waals surface area contributed by atoms with Gasteiger partial charge in [0.25, 0.3) is 0 Å². The van der Waals surface area contributed by atoms with Gasteiger partial charge in [-0.3, -0.25) is 0 Å². The van der Waals surface area contributed by atoms with Crippen LogP contribution in [-0.2, 0) is 4.79 Å². The van der Waals surface area contributed by atoms with E-state index in [1.165, 1.54) is 0 Å². The van der Waals surface area contributed by atoms with Gasteiger partial charge in [0.15, 0.2) is 12.2 Å². The highest BCUT2D eigenvalue weighted by Crippen LogP contribution is 2.31. The van der Waals surface area contributed by atoms with E-state index < -0.39 is 12.6 Å². The van der Waals surface area contributed by atoms with E-state index in [1.807, 2.05) is 31.2 Å². The Morgan fingerprint density at radius 3 is 2.90 bits per heavy atom. The first-order valence-corrected chi connectivity index (χ1v) is 6.44. The van der Waals surface area contributed by atoms with Gasteiger partial charge in [-0.15, -0.1) is 0 Å². The van der Waals surface area contributed by atoms with Crippen molar-refractivity contribution in [3.05, 3.63) is 48.0 Å². The molecule has 21 heavy (non-hydrogen) atoms. The van der Waals surface area contributed by atoms with Crippen molar-refractivity contribution >= 4 is 17.1 Å². The SMILES string of the molecule is Cc1ccc2nc(-c3ccccc3OCC(=O)O)oc2c1. The fraction of sp³-hybridized carbons (Fsp3) is 0.125. The second kappa shape index (κ2) is 5.28. The van der Waals surface area contributed by atoms with E-state index in [1.54, 1.807) is 18.2 Å². The number of carbonyl (C=O) groups is 1. The summed E-state index contributed by atoms with van der Waals surface area (Å²) in [6.45, 7) is 1.57. The first kappa shape index (κ1) is 13.2. The number of carboxylic acid groups (broad SMARTS) is 1. The summed E-state index contributed by atoms with van der Waals surface area (Å²) < 4.78 is 11.0. The fourth-order valence-electron chi connectivity index (χ4n) is 2.06. The predicted molar refractivity (Wildman–Crippen MR) is 77.3 cm³/mol. The summed E-state index contributed by atoms with van der Waals surface area (Å²) >= 11 is 0. The van der Waals surface area contributed by atoms with Gasteiger partial charge in [-0.05, 0) is 36.8 Å². The number of aliphatic carboxylic acids is 1. The van der Waals surface area contributed by atoms with Crippen molar-refractivity contribution in [3.8, 4) is 17.2 Å². The molecule has 2 aromatic carbocycles. The van der Waals surface area contributed by atoms with Crippen molar-refractivity contribution < 1.29 is 19.1 Å². The van der Waals surface area contributed by atoms with Crippen LogP contribution in [0.3, 0.4) is 0 Å². The van der Waals surface area contributed by atoms with Crippen molar-refractivity contribution in [1.82, 2.24) is 4.98 Å². The lowest BCUT2D eigenvalue weighted by molar-refractivity contribution is -0.139. The predicted octanol–water partition coefficient (Wildman–Crippen LogP) is 3.27. The molecule has 1 heterocycles. The van der Waals surface area contributed by atoms with Crippen LogP contribution in [0.5, 0.6) is 5.75 Å². The van der Waals surface area contributed by atoms with Gasteiger partial charge < -0.3 is 14.3 Å². The summed E-state index contributed by atoms with van der Waals surface area (Å²) in [6.07, 6.45) is 0. The third kappa shape index (κ3) is 2.72. The lowest BCUT2D eigenvalue weighted by Crippen LogP contribution is -2.09. The second-order valence-corrected chi connectivity index (χ2v) is 4.67. The van der Waals surface area contributed by atoms with Crippen LogP contribution < -0.4 is 4.74 Å². The van der Waals surface area contributed by atoms with Gasteiger partial charge in [0.05, 0.1) is 5.56 Å². The average Bonchev–Trinajstić information content (AvgIpc) is 2.88. The van der Waals surface area contributed by atoms with Crippen LogP contribution in [0, 0.1) is 6.92 Å². The normalized spacial score (nSPS) is 10.7. The second-order valence-electron chi connectivity index (χ2n) is 4.67. The Bertz CT molecular complexity index is 807. The summed E-state index contributed by atoms with van der Waals surface area (Å²) in [4.78, 5) is 15.1. The van der Waals surface area contributed by atoms with E-state index in [9.17, 15) is 4.79 Å². The van der Waals surface area contributed by atoms with Gasteiger partial charge in [0.1, 0.15) is 11.3 Å². The molecule has 5 nitrogen and oxygen atoms in total. The van der Waals surface area contributed by atoms with Crippen molar-refractivity contribution in [3.63, 3.8) is 0 Å². The van der Waals surface area contributed by atoms with Crippen LogP contribution in [-0.4, -0.2) is 22.7 Å². The molecular weight excluding hydrogens is 270 g/mol. The number of para-hydroxylation sites is 1. The third-order valence-electron chi connectivity index (χ3n) is 3.01. The van der Waals surface area contributed by atoms with Gasteiger partial charge >= 0.3 is 5.97 Å². The molecule has 1 aromatic heterocycles. The van der Waals surface area contributed by atoms with E-state index in [2.05, 4.69) is 4.98 Å². The number of rotatable bonds is 4. The van der Waals surface area contributed by atoms with Crippen LogP contribution >= 0.6 is 0 Å². The summed E-state index contributed by atoms with van der Waals surface area (Å²) in [5.41, 5.74) is 3.16. The molecule has 0 fully saturated rings. The minimum atomic E-state index is -1.03. The van der Waals surface area contributed by atoms with Crippen molar-refractivity contribution in [2.24, 2.45) is 0 Å². The molecule has 5 heteroatoms. The number of hydrogen-bond acceptors (Lipinski definition) is 4.